The van der Waals surface area contributed by atoms with Crippen molar-refractivity contribution < 1.29 is 4.39 Å². The Balaban J connectivity index is 2.16. The van der Waals surface area contributed by atoms with Gasteiger partial charge in [0.25, 0.3) is 0 Å². The molecule has 1 N–H and O–H groups in total. The molecule has 0 bridgehead atoms. The Morgan fingerprint density at radius 1 is 1.45 bits per heavy atom. The Kier molecular flexibility index (Phi) is 5.31. The lowest BCUT2D eigenvalue weighted by molar-refractivity contribution is 0.528. The fourth-order valence-electron chi connectivity index (χ4n) is 2.15. The highest BCUT2D eigenvalue weighted by atomic mass is 79.9. The van der Waals surface area contributed by atoms with Crippen molar-refractivity contribution in [1.29, 1.82) is 0 Å². The third-order valence-corrected chi connectivity index (χ3v) is 3.80. The van der Waals surface area contributed by atoms with Crippen molar-refractivity contribution in [3.05, 3.63) is 52.0 Å². The Labute approximate surface area is 127 Å². The molecule has 0 saturated heterocycles. The number of nitrogens with zero attached hydrogens (tertiary/aromatic N) is 2. The van der Waals surface area contributed by atoms with Crippen LogP contribution in [-0.2, 0) is 13.5 Å². The molecule has 0 saturated carbocycles. The summed E-state index contributed by atoms with van der Waals surface area (Å²) >= 11 is 3.24. The van der Waals surface area contributed by atoms with Crippen LogP contribution in [0.1, 0.15) is 30.5 Å². The summed E-state index contributed by atoms with van der Waals surface area (Å²) < 4.78 is 15.6. The van der Waals surface area contributed by atoms with Crippen LogP contribution in [0.15, 0.2) is 35.1 Å². The van der Waals surface area contributed by atoms with Gasteiger partial charge in [-0.25, -0.2) is 4.39 Å². The second-order valence-electron chi connectivity index (χ2n) is 4.91. The second kappa shape index (κ2) is 6.99. The summed E-state index contributed by atoms with van der Waals surface area (Å²) in [6.07, 6.45) is 5.78. The average molecular weight is 340 g/mol. The smallest absolute Gasteiger partial charge is 0.137 e. The normalized spacial score (nSPS) is 12.6. The Hall–Kier alpha value is -1.20. The zero-order chi connectivity index (χ0) is 14.5. The van der Waals surface area contributed by atoms with Gasteiger partial charge >= 0.3 is 0 Å². The Morgan fingerprint density at radius 2 is 2.25 bits per heavy atom. The van der Waals surface area contributed by atoms with Gasteiger partial charge in [0, 0.05) is 24.8 Å². The van der Waals surface area contributed by atoms with Crippen LogP contribution < -0.4 is 5.32 Å². The fraction of sp³-hybridized carbons (Fsp3) is 0.400. The van der Waals surface area contributed by atoms with Gasteiger partial charge < -0.3 is 5.32 Å². The highest BCUT2D eigenvalue weighted by Gasteiger charge is 2.14. The molecule has 0 aliphatic carbocycles. The average Bonchev–Trinajstić information content (AvgIpc) is 2.85. The monoisotopic (exact) mass is 339 g/mol. The van der Waals surface area contributed by atoms with Crippen molar-refractivity contribution in [1.82, 2.24) is 15.1 Å². The number of benzene rings is 1. The summed E-state index contributed by atoms with van der Waals surface area (Å²) in [5.74, 6) is -0.229. The quantitative estimate of drug-likeness (QED) is 0.871. The molecule has 1 heterocycles. The predicted octanol–water partition coefficient (Wildman–Crippen LogP) is 3.61. The van der Waals surface area contributed by atoms with Crippen LogP contribution in [-0.4, -0.2) is 16.3 Å². The lowest BCUT2D eigenvalue weighted by atomic mass is 10.0. The predicted molar refractivity (Wildman–Crippen MR) is 82.0 cm³/mol. The number of hydrogen-bond acceptors (Lipinski definition) is 2. The first-order chi connectivity index (χ1) is 9.60. The standard InChI is InChI=1S/C15H19BrFN3/c1-3-6-18-15(12-9-19-20(2)10-12)8-11-4-5-14(17)13(16)7-11/h4-5,7,9-10,15,18H,3,6,8H2,1-2H3. The molecule has 1 aromatic carbocycles. The van der Waals surface area contributed by atoms with E-state index in [0.717, 1.165) is 30.5 Å². The summed E-state index contributed by atoms with van der Waals surface area (Å²) in [5, 5.41) is 7.75. The highest BCUT2D eigenvalue weighted by molar-refractivity contribution is 9.10. The van der Waals surface area contributed by atoms with E-state index >= 15 is 0 Å². The van der Waals surface area contributed by atoms with E-state index in [9.17, 15) is 4.39 Å². The molecular weight excluding hydrogens is 321 g/mol. The van der Waals surface area contributed by atoms with Crippen LogP contribution in [0.3, 0.4) is 0 Å². The molecule has 2 aromatic rings. The van der Waals surface area contributed by atoms with Crippen molar-refractivity contribution in [2.45, 2.75) is 25.8 Å². The third kappa shape index (κ3) is 3.90. The number of aryl methyl sites for hydroxylation is 1. The molecular formula is C15H19BrFN3. The molecule has 5 heteroatoms. The van der Waals surface area contributed by atoms with E-state index in [4.69, 9.17) is 0 Å². The maximum atomic E-state index is 13.3. The van der Waals surface area contributed by atoms with Gasteiger partial charge in [-0.15, -0.1) is 0 Å². The van der Waals surface area contributed by atoms with Crippen LogP contribution in [0.25, 0.3) is 0 Å². The molecule has 3 nitrogen and oxygen atoms in total. The van der Waals surface area contributed by atoms with E-state index in [-0.39, 0.29) is 11.9 Å². The van der Waals surface area contributed by atoms with Gasteiger partial charge in [-0.05, 0) is 53.0 Å². The molecule has 1 aromatic heterocycles. The zero-order valence-electron chi connectivity index (χ0n) is 11.7. The first kappa shape index (κ1) is 15.2. The van der Waals surface area contributed by atoms with Gasteiger partial charge in [0.1, 0.15) is 5.82 Å². The van der Waals surface area contributed by atoms with Crippen molar-refractivity contribution >= 4 is 15.9 Å². The number of aromatic nitrogens is 2. The summed E-state index contributed by atoms with van der Waals surface area (Å²) in [5.41, 5.74) is 2.25. The molecule has 0 spiro atoms. The van der Waals surface area contributed by atoms with Crippen LogP contribution >= 0.6 is 15.9 Å². The third-order valence-electron chi connectivity index (χ3n) is 3.19. The first-order valence-electron chi connectivity index (χ1n) is 6.76. The molecule has 0 aliphatic heterocycles. The molecule has 0 fully saturated rings. The number of halogens is 2. The first-order valence-corrected chi connectivity index (χ1v) is 7.55. The van der Waals surface area contributed by atoms with Crippen LogP contribution in [0.2, 0.25) is 0 Å². The lowest BCUT2D eigenvalue weighted by Crippen LogP contribution is -2.23. The Morgan fingerprint density at radius 3 is 2.85 bits per heavy atom. The van der Waals surface area contributed by atoms with E-state index in [0.29, 0.717) is 4.47 Å². The molecule has 0 aliphatic rings. The van der Waals surface area contributed by atoms with Gasteiger partial charge in [0.15, 0.2) is 0 Å². The summed E-state index contributed by atoms with van der Waals surface area (Å²) in [7, 11) is 1.91. The van der Waals surface area contributed by atoms with Crippen molar-refractivity contribution in [3.63, 3.8) is 0 Å². The minimum absolute atomic E-state index is 0.195. The number of nitrogens with one attached hydrogen (secondary N) is 1. The molecule has 20 heavy (non-hydrogen) atoms. The van der Waals surface area contributed by atoms with Crippen molar-refractivity contribution in [3.8, 4) is 0 Å². The van der Waals surface area contributed by atoms with E-state index in [2.05, 4.69) is 33.3 Å². The molecule has 0 amide bonds. The van der Waals surface area contributed by atoms with E-state index in [1.165, 1.54) is 6.07 Å². The zero-order valence-corrected chi connectivity index (χ0v) is 13.3. The molecule has 0 radical (unpaired) electrons. The molecule has 1 unspecified atom stereocenters. The van der Waals surface area contributed by atoms with Gasteiger partial charge in [-0.3, -0.25) is 4.68 Å². The maximum absolute atomic E-state index is 13.3. The SMILES string of the molecule is CCCNC(Cc1ccc(F)c(Br)c1)c1cnn(C)c1. The van der Waals surface area contributed by atoms with Crippen LogP contribution in [0.4, 0.5) is 4.39 Å². The maximum Gasteiger partial charge on any atom is 0.137 e. The fourth-order valence-corrected chi connectivity index (χ4v) is 2.58. The number of rotatable bonds is 6. The van der Waals surface area contributed by atoms with Gasteiger partial charge in [-0.2, -0.15) is 5.10 Å². The van der Waals surface area contributed by atoms with Gasteiger partial charge in [-0.1, -0.05) is 13.0 Å². The molecule has 1 atom stereocenters. The van der Waals surface area contributed by atoms with Gasteiger partial charge in [0.05, 0.1) is 10.7 Å². The van der Waals surface area contributed by atoms with Crippen molar-refractivity contribution in [2.24, 2.45) is 7.05 Å². The van der Waals surface area contributed by atoms with Crippen LogP contribution in [0.5, 0.6) is 0 Å². The lowest BCUT2D eigenvalue weighted by Gasteiger charge is -2.17. The van der Waals surface area contributed by atoms with Crippen molar-refractivity contribution in [2.75, 3.05) is 6.54 Å². The van der Waals surface area contributed by atoms with E-state index < -0.39 is 0 Å². The highest BCUT2D eigenvalue weighted by Crippen LogP contribution is 2.22. The minimum Gasteiger partial charge on any atom is -0.310 e. The summed E-state index contributed by atoms with van der Waals surface area (Å²) in [6.45, 7) is 3.09. The minimum atomic E-state index is -0.229. The van der Waals surface area contributed by atoms with E-state index in [1.807, 2.05) is 31.6 Å². The van der Waals surface area contributed by atoms with E-state index in [1.54, 1.807) is 4.68 Å². The number of hydrogen-bond donors (Lipinski definition) is 1. The Bertz CT molecular complexity index is 568. The van der Waals surface area contributed by atoms with Crippen LogP contribution in [0, 0.1) is 5.82 Å². The largest absolute Gasteiger partial charge is 0.310 e. The van der Waals surface area contributed by atoms with Gasteiger partial charge in [0.2, 0.25) is 0 Å². The second-order valence-corrected chi connectivity index (χ2v) is 5.76. The molecule has 2 rings (SSSR count). The summed E-state index contributed by atoms with van der Waals surface area (Å²) in [6, 6.07) is 5.36. The summed E-state index contributed by atoms with van der Waals surface area (Å²) in [4.78, 5) is 0. The topological polar surface area (TPSA) is 29.9 Å². The molecule has 108 valence electrons.